The van der Waals surface area contributed by atoms with Crippen molar-refractivity contribution in [1.82, 2.24) is 9.55 Å². The number of aryl methyl sites for hydroxylation is 2. The van der Waals surface area contributed by atoms with E-state index in [9.17, 15) is 0 Å². The minimum Gasteiger partial charge on any atom is -0.371 e. The Bertz CT molecular complexity index is 870. The second kappa shape index (κ2) is 5.97. The van der Waals surface area contributed by atoms with E-state index in [2.05, 4.69) is 72.8 Å². The molecule has 2 heterocycles. The van der Waals surface area contributed by atoms with Gasteiger partial charge in [0.1, 0.15) is 5.82 Å². The van der Waals surface area contributed by atoms with Crippen LogP contribution in [0.5, 0.6) is 0 Å². The zero-order valence-electron chi connectivity index (χ0n) is 14.8. The van der Waals surface area contributed by atoms with Gasteiger partial charge in [0.05, 0.1) is 11.0 Å². The number of piperidine rings is 1. The molecule has 1 fully saturated rings. The molecule has 0 N–H and O–H groups in total. The SMILES string of the molecule is Cc1cccc(N2CCC(c3nc4ccccc4n3C)CC2)c1C. The molecule has 1 aromatic heterocycles. The van der Waals surface area contributed by atoms with Gasteiger partial charge in [0, 0.05) is 31.7 Å². The molecule has 124 valence electrons. The quantitative estimate of drug-likeness (QED) is 0.689. The van der Waals surface area contributed by atoms with E-state index in [1.54, 1.807) is 0 Å². The smallest absolute Gasteiger partial charge is 0.112 e. The lowest BCUT2D eigenvalue weighted by molar-refractivity contribution is 0.477. The van der Waals surface area contributed by atoms with Gasteiger partial charge in [0.25, 0.3) is 0 Å². The van der Waals surface area contributed by atoms with Gasteiger partial charge in [0.15, 0.2) is 0 Å². The number of aromatic nitrogens is 2. The van der Waals surface area contributed by atoms with Crippen molar-refractivity contribution in [3.63, 3.8) is 0 Å². The van der Waals surface area contributed by atoms with Gasteiger partial charge in [-0.25, -0.2) is 4.98 Å². The molecule has 0 amide bonds. The molecule has 1 saturated heterocycles. The van der Waals surface area contributed by atoms with Crippen molar-refractivity contribution in [2.45, 2.75) is 32.6 Å². The number of fused-ring (bicyclic) bond motifs is 1. The van der Waals surface area contributed by atoms with Gasteiger partial charge in [-0.05, 0) is 56.0 Å². The van der Waals surface area contributed by atoms with Crippen molar-refractivity contribution < 1.29 is 0 Å². The van der Waals surface area contributed by atoms with Crippen molar-refractivity contribution in [3.8, 4) is 0 Å². The predicted molar refractivity (Wildman–Crippen MR) is 101 cm³/mol. The minimum absolute atomic E-state index is 0.559. The second-order valence-electron chi connectivity index (χ2n) is 7.00. The predicted octanol–water partition coefficient (Wildman–Crippen LogP) is 4.57. The number of rotatable bonds is 2. The maximum Gasteiger partial charge on any atom is 0.112 e. The van der Waals surface area contributed by atoms with Crippen LogP contribution in [-0.4, -0.2) is 22.6 Å². The van der Waals surface area contributed by atoms with Crippen molar-refractivity contribution in [2.24, 2.45) is 7.05 Å². The van der Waals surface area contributed by atoms with Gasteiger partial charge in [0.2, 0.25) is 0 Å². The molecule has 0 bridgehead atoms. The first kappa shape index (κ1) is 15.3. The summed E-state index contributed by atoms with van der Waals surface area (Å²) in [7, 11) is 2.15. The highest BCUT2D eigenvalue weighted by Crippen LogP contribution is 2.33. The Kier molecular flexibility index (Phi) is 3.79. The van der Waals surface area contributed by atoms with E-state index in [1.807, 2.05) is 0 Å². The first-order valence-electron chi connectivity index (χ1n) is 8.87. The van der Waals surface area contributed by atoms with Crippen molar-refractivity contribution in [1.29, 1.82) is 0 Å². The van der Waals surface area contributed by atoms with Crippen molar-refractivity contribution >= 4 is 16.7 Å². The third-order valence-corrected chi connectivity index (χ3v) is 5.60. The van der Waals surface area contributed by atoms with Crippen LogP contribution in [0.15, 0.2) is 42.5 Å². The van der Waals surface area contributed by atoms with E-state index >= 15 is 0 Å². The van der Waals surface area contributed by atoms with Crippen LogP contribution < -0.4 is 4.90 Å². The van der Waals surface area contributed by atoms with Crippen LogP contribution in [0.25, 0.3) is 11.0 Å². The fourth-order valence-corrected chi connectivity index (χ4v) is 3.99. The standard InChI is InChI=1S/C21H25N3/c1-15-7-6-10-19(16(15)2)24-13-11-17(12-14-24)21-22-18-8-4-5-9-20(18)23(21)3/h4-10,17H,11-14H2,1-3H3. The summed E-state index contributed by atoms with van der Waals surface area (Å²) in [6.07, 6.45) is 2.34. The molecule has 2 aromatic carbocycles. The number of benzene rings is 2. The zero-order valence-corrected chi connectivity index (χ0v) is 14.8. The molecule has 4 rings (SSSR count). The van der Waals surface area contributed by atoms with Crippen LogP contribution in [0.4, 0.5) is 5.69 Å². The average molecular weight is 319 g/mol. The summed E-state index contributed by atoms with van der Waals surface area (Å²) in [5.74, 6) is 1.81. The molecular formula is C21H25N3. The molecule has 3 nitrogen and oxygen atoms in total. The van der Waals surface area contributed by atoms with Crippen LogP contribution in [0, 0.1) is 13.8 Å². The highest BCUT2D eigenvalue weighted by atomic mass is 15.1. The lowest BCUT2D eigenvalue weighted by atomic mass is 9.94. The fourth-order valence-electron chi connectivity index (χ4n) is 3.99. The lowest BCUT2D eigenvalue weighted by Gasteiger charge is -2.34. The van der Waals surface area contributed by atoms with Crippen molar-refractivity contribution in [3.05, 3.63) is 59.4 Å². The van der Waals surface area contributed by atoms with Crippen LogP contribution in [-0.2, 0) is 7.05 Å². The van der Waals surface area contributed by atoms with Gasteiger partial charge in [-0.3, -0.25) is 0 Å². The second-order valence-corrected chi connectivity index (χ2v) is 7.00. The fraction of sp³-hybridized carbons (Fsp3) is 0.381. The third kappa shape index (κ3) is 2.48. The van der Waals surface area contributed by atoms with Crippen LogP contribution in [0.1, 0.15) is 35.7 Å². The monoisotopic (exact) mass is 319 g/mol. The van der Waals surface area contributed by atoms with Crippen LogP contribution in [0.3, 0.4) is 0 Å². The Morgan fingerprint density at radius 3 is 2.46 bits per heavy atom. The molecule has 1 aliphatic rings. The average Bonchev–Trinajstić information content (AvgIpc) is 2.95. The molecule has 0 aliphatic carbocycles. The Morgan fingerprint density at radius 1 is 0.958 bits per heavy atom. The van der Waals surface area contributed by atoms with E-state index in [0.29, 0.717) is 5.92 Å². The Morgan fingerprint density at radius 2 is 1.71 bits per heavy atom. The van der Waals surface area contributed by atoms with Gasteiger partial charge in [-0.1, -0.05) is 24.3 Å². The topological polar surface area (TPSA) is 21.1 Å². The largest absolute Gasteiger partial charge is 0.371 e. The van der Waals surface area contributed by atoms with Gasteiger partial charge in [-0.15, -0.1) is 0 Å². The van der Waals surface area contributed by atoms with E-state index in [1.165, 1.54) is 41.0 Å². The zero-order chi connectivity index (χ0) is 16.7. The summed E-state index contributed by atoms with van der Waals surface area (Å²) >= 11 is 0. The first-order valence-corrected chi connectivity index (χ1v) is 8.87. The van der Waals surface area contributed by atoms with E-state index in [4.69, 9.17) is 4.98 Å². The number of hydrogen-bond donors (Lipinski definition) is 0. The number of anilines is 1. The number of para-hydroxylation sites is 2. The summed E-state index contributed by atoms with van der Waals surface area (Å²) in [5, 5.41) is 0. The summed E-state index contributed by atoms with van der Waals surface area (Å²) in [4.78, 5) is 7.45. The Labute approximate surface area is 143 Å². The van der Waals surface area contributed by atoms with E-state index in [0.717, 1.165) is 18.6 Å². The summed E-state index contributed by atoms with van der Waals surface area (Å²) in [6.45, 7) is 6.66. The third-order valence-electron chi connectivity index (χ3n) is 5.60. The molecule has 0 atom stereocenters. The first-order chi connectivity index (χ1) is 11.6. The highest BCUT2D eigenvalue weighted by Gasteiger charge is 2.25. The molecule has 0 saturated carbocycles. The molecule has 1 aliphatic heterocycles. The van der Waals surface area contributed by atoms with Gasteiger partial charge in [-0.2, -0.15) is 0 Å². The molecule has 0 spiro atoms. The van der Waals surface area contributed by atoms with Crippen LogP contribution >= 0.6 is 0 Å². The molecule has 0 radical (unpaired) electrons. The molecule has 24 heavy (non-hydrogen) atoms. The minimum atomic E-state index is 0.559. The molecule has 0 unspecified atom stereocenters. The van der Waals surface area contributed by atoms with Crippen molar-refractivity contribution in [2.75, 3.05) is 18.0 Å². The normalized spacial score (nSPS) is 16.0. The van der Waals surface area contributed by atoms with Gasteiger partial charge < -0.3 is 9.47 Å². The Hall–Kier alpha value is -2.29. The lowest BCUT2D eigenvalue weighted by Crippen LogP contribution is -2.34. The van der Waals surface area contributed by atoms with Gasteiger partial charge >= 0.3 is 0 Å². The molecular weight excluding hydrogens is 294 g/mol. The Balaban J connectivity index is 1.55. The summed E-state index contributed by atoms with van der Waals surface area (Å²) in [6, 6.07) is 15.1. The van der Waals surface area contributed by atoms with Crippen LogP contribution in [0.2, 0.25) is 0 Å². The number of nitrogens with zero attached hydrogens (tertiary/aromatic N) is 3. The highest BCUT2D eigenvalue weighted by molar-refractivity contribution is 5.75. The van der Waals surface area contributed by atoms with E-state index in [-0.39, 0.29) is 0 Å². The number of hydrogen-bond acceptors (Lipinski definition) is 2. The molecule has 3 aromatic rings. The maximum absolute atomic E-state index is 4.91. The summed E-state index contributed by atoms with van der Waals surface area (Å²) in [5.41, 5.74) is 6.55. The summed E-state index contributed by atoms with van der Waals surface area (Å²) < 4.78 is 2.29. The van der Waals surface area contributed by atoms with E-state index < -0.39 is 0 Å². The molecule has 3 heteroatoms. The maximum atomic E-state index is 4.91. The number of imidazole rings is 1.